The number of anilines is 2. The van der Waals surface area contributed by atoms with Gasteiger partial charge in [-0.25, -0.2) is 14.4 Å². The van der Waals surface area contributed by atoms with E-state index in [0.717, 1.165) is 0 Å². The average Bonchev–Trinajstić information content (AvgIpc) is 2.62. The second-order valence-electron chi connectivity index (χ2n) is 5.65. The third-order valence-electron chi connectivity index (χ3n) is 3.89. The SMILES string of the molecule is O=C(CC(=O)N1CCN(c2ncccn2)CC1)Nc1cccc(F)c1. The number of piperazine rings is 1. The van der Waals surface area contributed by atoms with Gasteiger partial charge in [-0.3, -0.25) is 9.59 Å². The summed E-state index contributed by atoms with van der Waals surface area (Å²) in [7, 11) is 0. The molecule has 0 aliphatic carbocycles. The highest BCUT2D eigenvalue weighted by molar-refractivity contribution is 6.03. The Labute approximate surface area is 144 Å². The molecule has 1 aliphatic rings. The summed E-state index contributed by atoms with van der Waals surface area (Å²) in [6.45, 7) is 2.23. The van der Waals surface area contributed by atoms with Crippen molar-refractivity contribution in [1.82, 2.24) is 14.9 Å². The number of rotatable bonds is 4. The summed E-state index contributed by atoms with van der Waals surface area (Å²) in [5, 5.41) is 2.53. The van der Waals surface area contributed by atoms with E-state index < -0.39 is 11.7 Å². The van der Waals surface area contributed by atoms with E-state index in [4.69, 9.17) is 0 Å². The van der Waals surface area contributed by atoms with Crippen molar-refractivity contribution in [3.63, 3.8) is 0 Å². The van der Waals surface area contributed by atoms with Crippen LogP contribution in [0.4, 0.5) is 16.0 Å². The summed E-state index contributed by atoms with van der Waals surface area (Å²) >= 11 is 0. The lowest BCUT2D eigenvalue weighted by atomic mass is 10.2. The van der Waals surface area contributed by atoms with Gasteiger partial charge in [0.05, 0.1) is 0 Å². The molecular weight excluding hydrogens is 325 g/mol. The Bertz CT molecular complexity index is 748. The van der Waals surface area contributed by atoms with Gasteiger partial charge in [-0.15, -0.1) is 0 Å². The van der Waals surface area contributed by atoms with Gasteiger partial charge >= 0.3 is 0 Å². The first-order chi connectivity index (χ1) is 12.1. The van der Waals surface area contributed by atoms with Crippen LogP contribution >= 0.6 is 0 Å². The molecule has 1 aromatic carbocycles. The van der Waals surface area contributed by atoms with Gasteiger partial charge in [0.25, 0.3) is 0 Å². The summed E-state index contributed by atoms with van der Waals surface area (Å²) in [6.07, 6.45) is 3.09. The van der Waals surface area contributed by atoms with Crippen molar-refractivity contribution in [2.45, 2.75) is 6.42 Å². The van der Waals surface area contributed by atoms with Crippen molar-refractivity contribution < 1.29 is 14.0 Å². The van der Waals surface area contributed by atoms with Gasteiger partial charge in [0, 0.05) is 44.3 Å². The fourth-order valence-electron chi connectivity index (χ4n) is 2.63. The van der Waals surface area contributed by atoms with Crippen LogP contribution in [0.15, 0.2) is 42.7 Å². The van der Waals surface area contributed by atoms with Gasteiger partial charge in [-0.1, -0.05) is 6.07 Å². The minimum atomic E-state index is -0.454. The first-order valence-corrected chi connectivity index (χ1v) is 7.97. The molecule has 3 rings (SSSR count). The molecule has 7 nitrogen and oxygen atoms in total. The van der Waals surface area contributed by atoms with Gasteiger partial charge in [0.2, 0.25) is 17.8 Å². The molecule has 0 radical (unpaired) electrons. The van der Waals surface area contributed by atoms with Crippen LogP contribution in [-0.2, 0) is 9.59 Å². The molecule has 0 unspecified atom stereocenters. The van der Waals surface area contributed by atoms with Crippen molar-refractivity contribution >= 4 is 23.5 Å². The lowest BCUT2D eigenvalue weighted by Gasteiger charge is -2.34. The number of halogens is 1. The van der Waals surface area contributed by atoms with E-state index in [-0.39, 0.29) is 12.3 Å². The minimum Gasteiger partial charge on any atom is -0.339 e. The third-order valence-corrected chi connectivity index (χ3v) is 3.89. The van der Waals surface area contributed by atoms with Crippen LogP contribution in [0.1, 0.15) is 6.42 Å². The van der Waals surface area contributed by atoms with Crippen molar-refractivity contribution in [1.29, 1.82) is 0 Å². The first-order valence-electron chi connectivity index (χ1n) is 7.97. The van der Waals surface area contributed by atoms with E-state index >= 15 is 0 Å². The number of benzene rings is 1. The van der Waals surface area contributed by atoms with Crippen LogP contribution in [0.3, 0.4) is 0 Å². The lowest BCUT2D eigenvalue weighted by molar-refractivity contribution is -0.134. The maximum absolute atomic E-state index is 13.1. The Hall–Kier alpha value is -3.03. The molecule has 0 atom stereocenters. The van der Waals surface area contributed by atoms with Gasteiger partial charge in [0.15, 0.2) is 0 Å². The standard InChI is InChI=1S/C17H18FN5O2/c18-13-3-1-4-14(11-13)21-15(24)12-16(25)22-7-9-23(10-8-22)17-19-5-2-6-20-17/h1-6,11H,7-10,12H2,(H,21,24). The van der Waals surface area contributed by atoms with Gasteiger partial charge in [-0.05, 0) is 24.3 Å². The van der Waals surface area contributed by atoms with E-state index in [2.05, 4.69) is 15.3 Å². The van der Waals surface area contributed by atoms with Crippen LogP contribution in [-0.4, -0.2) is 52.9 Å². The highest BCUT2D eigenvalue weighted by Gasteiger charge is 2.23. The van der Waals surface area contributed by atoms with Crippen molar-refractivity contribution in [3.8, 4) is 0 Å². The highest BCUT2D eigenvalue weighted by atomic mass is 19.1. The van der Waals surface area contributed by atoms with E-state index in [1.54, 1.807) is 29.4 Å². The molecule has 1 saturated heterocycles. The monoisotopic (exact) mass is 343 g/mol. The topological polar surface area (TPSA) is 78.4 Å². The fourth-order valence-corrected chi connectivity index (χ4v) is 2.63. The van der Waals surface area contributed by atoms with Crippen LogP contribution in [0.25, 0.3) is 0 Å². The maximum Gasteiger partial charge on any atom is 0.233 e. The molecule has 0 bridgehead atoms. The van der Waals surface area contributed by atoms with Gasteiger partial charge < -0.3 is 15.1 Å². The van der Waals surface area contributed by atoms with Gasteiger partial charge in [-0.2, -0.15) is 0 Å². The molecule has 0 saturated carbocycles. The Balaban J connectivity index is 1.48. The Morgan fingerprint density at radius 1 is 1.08 bits per heavy atom. The Morgan fingerprint density at radius 3 is 2.48 bits per heavy atom. The summed E-state index contributed by atoms with van der Waals surface area (Å²) in [4.78, 5) is 36.2. The second-order valence-corrected chi connectivity index (χ2v) is 5.65. The van der Waals surface area contributed by atoms with Crippen LogP contribution < -0.4 is 10.2 Å². The Kier molecular flexibility index (Phi) is 5.17. The van der Waals surface area contributed by atoms with E-state index in [0.29, 0.717) is 37.8 Å². The number of nitrogens with zero attached hydrogens (tertiary/aromatic N) is 4. The number of amides is 2. The minimum absolute atomic E-state index is 0.248. The molecule has 8 heteroatoms. The maximum atomic E-state index is 13.1. The summed E-state index contributed by atoms with van der Waals surface area (Å²) in [6, 6.07) is 7.32. The number of hydrogen-bond acceptors (Lipinski definition) is 5. The fraction of sp³-hybridized carbons (Fsp3) is 0.294. The summed E-state index contributed by atoms with van der Waals surface area (Å²) in [5.74, 6) is -0.506. The molecule has 130 valence electrons. The zero-order valence-corrected chi connectivity index (χ0v) is 13.6. The highest BCUT2D eigenvalue weighted by Crippen LogP contribution is 2.12. The molecule has 1 aliphatic heterocycles. The second kappa shape index (κ2) is 7.69. The average molecular weight is 343 g/mol. The quantitative estimate of drug-likeness (QED) is 0.847. The molecule has 2 amide bonds. The number of nitrogens with one attached hydrogen (secondary N) is 1. The first kappa shape index (κ1) is 16.8. The predicted octanol–water partition coefficient (Wildman–Crippen LogP) is 1.29. The smallest absolute Gasteiger partial charge is 0.233 e. The predicted molar refractivity (Wildman–Crippen MR) is 90.5 cm³/mol. The van der Waals surface area contributed by atoms with E-state index in [9.17, 15) is 14.0 Å². The molecule has 1 aromatic heterocycles. The van der Waals surface area contributed by atoms with Crippen molar-refractivity contribution in [2.75, 3.05) is 36.4 Å². The lowest BCUT2D eigenvalue weighted by Crippen LogP contribution is -2.49. The Morgan fingerprint density at radius 2 is 1.80 bits per heavy atom. The molecule has 2 aromatic rings. The van der Waals surface area contributed by atoms with Crippen LogP contribution in [0.5, 0.6) is 0 Å². The molecule has 1 fully saturated rings. The molecule has 2 heterocycles. The molecule has 1 N–H and O–H groups in total. The van der Waals surface area contributed by atoms with E-state index in [1.165, 1.54) is 18.2 Å². The van der Waals surface area contributed by atoms with Crippen LogP contribution in [0, 0.1) is 5.82 Å². The largest absolute Gasteiger partial charge is 0.339 e. The number of carbonyl (C=O) groups is 2. The summed E-state index contributed by atoms with van der Waals surface area (Å²) < 4.78 is 13.1. The zero-order valence-electron chi connectivity index (χ0n) is 13.6. The van der Waals surface area contributed by atoms with Gasteiger partial charge in [0.1, 0.15) is 12.2 Å². The number of aromatic nitrogens is 2. The van der Waals surface area contributed by atoms with Crippen molar-refractivity contribution in [3.05, 3.63) is 48.5 Å². The van der Waals surface area contributed by atoms with Crippen molar-refractivity contribution in [2.24, 2.45) is 0 Å². The molecular formula is C17H18FN5O2. The zero-order chi connectivity index (χ0) is 17.6. The third kappa shape index (κ3) is 4.50. The van der Waals surface area contributed by atoms with E-state index in [1.807, 2.05) is 4.90 Å². The molecule has 25 heavy (non-hydrogen) atoms. The number of carbonyl (C=O) groups excluding carboxylic acids is 2. The summed E-state index contributed by atoms with van der Waals surface area (Å²) in [5.41, 5.74) is 0.337. The molecule has 0 spiro atoms. The number of hydrogen-bond donors (Lipinski definition) is 1. The van der Waals surface area contributed by atoms with Crippen LogP contribution in [0.2, 0.25) is 0 Å². The normalized spacial score (nSPS) is 14.3.